The summed E-state index contributed by atoms with van der Waals surface area (Å²) in [7, 11) is 0. The van der Waals surface area contributed by atoms with Gasteiger partial charge in [0.25, 0.3) is 5.91 Å². The second-order valence-electron chi connectivity index (χ2n) is 15.2. The number of benzene rings is 5. The molecule has 10 rings (SSSR count). The maximum atomic E-state index is 13.9. The third kappa shape index (κ3) is 5.78. The summed E-state index contributed by atoms with van der Waals surface area (Å²) in [4.78, 5) is 42.2. The van der Waals surface area contributed by atoms with E-state index in [1.54, 1.807) is 17.0 Å². The first-order valence-electron chi connectivity index (χ1n) is 19.0. The molecule has 2 amide bonds. The fraction of sp³-hybridized carbons (Fsp3) is 0.152. The predicted molar refractivity (Wildman–Crippen MR) is 224 cm³/mol. The number of aryl methyl sites for hydroxylation is 1. The number of amides is 2. The van der Waals surface area contributed by atoms with E-state index in [-0.39, 0.29) is 29.4 Å². The maximum Gasteiger partial charge on any atom is 0.253 e. The zero-order valence-electron chi connectivity index (χ0n) is 31.2. The van der Waals surface area contributed by atoms with E-state index >= 15 is 0 Å². The summed E-state index contributed by atoms with van der Waals surface area (Å²) in [5, 5.41) is 26.2. The van der Waals surface area contributed by atoms with Crippen LogP contribution in [0.4, 0.5) is 11.5 Å². The standard InChI is InChI=1S/C46H38N8O3/c1-4-43(56)53-20-30(21-53)28-11-12-35-40(15-28)47-24-48-45(35)51-41-18-32(55)17-36-33(6-5-7-34(36)41)26(3)46(57)54-22-31(23-54)27-9-10-29-16-42(50-39(29)14-27)44-25(2)8-13-38-37(44)19-49-52-38/h4-19,24,30-31,50,55H,1,3,20-23H2,2H3,(H,49,52)(H,47,48,51). The van der Waals surface area contributed by atoms with E-state index < -0.39 is 0 Å². The van der Waals surface area contributed by atoms with Gasteiger partial charge in [-0.25, -0.2) is 9.97 Å². The lowest BCUT2D eigenvalue weighted by Crippen LogP contribution is -2.48. The van der Waals surface area contributed by atoms with E-state index in [4.69, 9.17) is 0 Å². The lowest BCUT2D eigenvalue weighted by molar-refractivity contribution is -0.130. The fourth-order valence-electron chi connectivity index (χ4n) is 8.47. The molecule has 0 aliphatic carbocycles. The van der Waals surface area contributed by atoms with Crippen LogP contribution in [0, 0.1) is 6.92 Å². The molecule has 4 N–H and O–H groups in total. The number of aromatic hydroxyl groups is 1. The topological polar surface area (TPSA) is 143 Å². The molecule has 11 heteroatoms. The Bertz CT molecular complexity index is 2990. The second-order valence-corrected chi connectivity index (χ2v) is 15.2. The first kappa shape index (κ1) is 34.2. The molecule has 2 saturated heterocycles. The Morgan fingerprint density at radius 1 is 0.842 bits per heavy atom. The Morgan fingerprint density at radius 2 is 1.63 bits per heavy atom. The molecule has 5 aromatic carbocycles. The molecular formula is C46H38N8O3. The summed E-state index contributed by atoms with van der Waals surface area (Å²) in [5.41, 5.74) is 10.1. The number of hydrogen-bond donors (Lipinski definition) is 4. The summed E-state index contributed by atoms with van der Waals surface area (Å²) in [6.07, 6.45) is 4.73. The highest BCUT2D eigenvalue weighted by Gasteiger charge is 2.34. The number of phenolic OH excluding ortho intramolecular Hbond substituents is 1. The van der Waals surface area contributed by atoms with Crippen molar-refractivity contribution in [2.45, 2.75) is 18.8 Å². The molecule has 0 unspecified atom stereocenters. The van der Waals surface area contributed by atoms with Crippen LogP contribution < -0.4 is 5.32 Å². The first-order valence-corrected chi connectivity index (χ1v) is 19.0. The SMILES string of the molecule is C=CC(=O)N1CC(c2ccc3c(Nc4cc(O)cc5c(C(=C)C(=O)N6CC(c7ccc8cc(-c9c(C)ccc%10[nH]ncc9%10)[nH]c8c7)C6)cccc45)ncnc3c2)C1. The van der Waals surface area contributed by atoms with Gasteiger partial charge in [-0.2, -0.15) is 5.10 Å². The molecule has 0 radical (unpaired) electrons. The molecule has 2 fully saturated rings. The van der Waals surface area contributed by atoms with E-state index in [1.807, 2.05) is 47.5 Å². The zero-order chi connectivity index (χ0) is 38.9. The summed E-state index contributed by atoms with van der Waals surface area (Å²) < 4.78 is 0. The van der Waals surface area contributed by atoms with Gasteiger partial charge in [0, 0.05) is 88.0 Å². The van der Waals surface area contributed by atoms with Crippen molar-refractivity contribution in [3.05, 3.63) is 139 Å². The highest BCUT2D eigenvalue weighted by atomic mass is 16.3. The van der Waals surface area contributed by atoms with Crippen LogP contribution in [0.5, 0.6) is 5.75 Å². The van der Waals surface area contributed by atoms with Crippen molar-refractivity contribution in [1.82, 2.24) is 34.9 Å². The van der Waals surface area contributed by atoms with Gasteiger partial charge in [-0.05, 0) is 77.0 Å². The van der Waals surface area contributed by atoms with Crippen molar-refractivity contribution in [1.29, 1.82) is 0 Å². The molecule has 0 atom stereocenters. The molecule has 0 bridgehead atoms. The van der Waals surface area contributed by atoms with Crippen LogP contribution in [0.2, 0.25) is 0 Å². The van der Waals surface area contributed by atoms with Crippen LogP contribution in [-0.4, -0.2) is 78.0 Å². The quantitative estimate of drug-likeness (QED) is 0.114. The minimum absolute atomic E-state index is 0.0467. The summed E-state index contributed by atoms with van der Waals surface area (Å²) in [6.45, 7) is 12.4. The Hall–Kier alpha value is -7.27. The van der Waals surface area contributed by atoms with E-state index in [0.29, 0.717) is 54.2 Å². The highest BCUT2D eigenvalue weighted by molar-refractivity contribution is 6.23. The Kier molecular flexibility index (Phi) is 7.92. The number of nitrogens with one attached hydrogen (secondary N) is 3. The van der Waals surface area contributed by atoms with Crippen molar-refractivity contribution in [3.8, 4) is 17.0 Å². The van der Waals surface area contributed by atoms with Crippen molar-refractivity contribution in [2.75, 3.05) is 31.5 Å². The second kappa shape index (κ2) is 13.2. The van der Waals surface area contributed by atoms with E-state index in [0.717, 1.165) is 54.9 Å². The molecule has 2 aliphatic heterocycles. The van der Waals surface area contributed by atoms with Gasteiger partial charge in [-0.15, -0.1) is 0 Å². The fourth-order valence-corrected chi connectivity index (χ4v) is 8.47. The molecule has 0 spiro atoms. The monoisotopic (exact) mass is 750 g/mol. The number of rotatable bonds is 8. The number of phenols is 1. The number of carbonyl (C=O) groups excluding carboxylic acids is 2. The average molecular weight is 751 g/mol. The Morgan fingerprint density at radius 3 is 2.46 bits per heavy atom. The number of carbonyl (C=O) groups is 2. The average Bonchev–Trinajstić information content (AvgIpc) is 3.83. The van der Waals surface area contributed by atoms with Crippen LogP contribution in [0.1, 0.15) is 34.1 Å². The minimum Gasteiger partial charge on any atom is -0.508 e. The summed E-state index contributed by atoms with van der Waals surface area (Å²) in [5.74, 6) is 0.875. The van der Waals surface area contributed by atoms with Crippen molar-refractivity contribution in [2.24, 2.45) is 0 Å². The van der Waals surface area contributed by atoms with E-state index in [2.05, 4.69) is 86.9 Å². The van der Waals surface area contributed by atoms with Gasteiger partial charge in [-0.3, -0.25) is 14.7 Å². The van der Waals surface area contributed by atoms with E-state index in [9.17, 15) is 14.7 Å². The van der Waals surface area contributed by atoms with Crippen LogP contribution >= 0.6 is 0 Å². The molecule has 8 aromatic rings. The van der Waals surface area contributed by atoms with Crippen molar-refractivity contribution >= 4 is 72.4 Å². The summed E-state index contributed by atoms with van der Waals surface area (Å²) in [6, 6.07) is 28.0. The van der Waals surface area contributed by atoms with Crippen LogP contribution in [0.3, 0.4) is 0 Å². The van der Waals surface area contributed by atoms with Crippen molar-refractivity contribution < 1.29 is 14.7 Å². The number of aromatic nitrogens is 5. The van der Waals surface area contributed by atoms with Gasteiger partial charge in [0.1, 0.15) is 17.9 Å². The number of likely N-dealkylation sites (tertiary alicyclic amines) is 2. The number of anilines is 2. The van der Waals surface area contributed by atoms with Crippen LogP contribution in [0.15, 0.2) is 117 Å². The van der Waals surface area contributed by atoms with Gasteiger partial charge < -0.3 is 25.2 Å². The molecule has 11 nitrogen and oxygen atoms in total. The largest absolute Gasteiger partial charge is 0.508 e. The van der Waals surface area contributed by atoms with Gasteiger partial charge in [0.05, 0.1) is 22.9 Å². The number of hydrogen-bond acceptors (Lipinski definition) is 7. The third-order valence-corrected chi connectivity index (χ3v) is 11.7. The van der Waals surface area contributed by atoms with Crippen LogP contribution in [0.25, 0.3) is 60.3 Å². The lowest BCUT2D eigenvalue weighted by atomic mass is 9.89. The molecule has 280 valence electrons. The van der Waals surface area contributed by atoms with E-state index in [1.165, 1.54) is 23.5 Å². The minimum atomic E-state index is -0.135. The third-order valence-electron chi connectivity index (χ3n) is 11.7. The predicted octanol–water partition coefficient (Wildman–Crippen LogP) is 8.32. The number of H-pyrrole nitrogens is 2. The number of nitrogens with zero attached hydrogens (tertiary/aromatic N) is 5. The number of fused-ring (bicyclic) bond motifs is 4. The summed E-state index contributed by atoms with van der Waals surface area (Å²) >= 11 is 0. The molecule has 57 heavy (non-hydrogen) atoms. The lowest BCUT2D eigenvalue weighted by Gasteiger charge is -2.40. The smallest absolute Gasteiger partial charge is 0.253 e. The number of aromatic amines is 2. The molecular weight excluding hydrogens is 713 g/mol. The Balaban J connectivity index is 0.862. The normalized spacial score (nSPS) is 14.6. The molecule has 0 saturated carbocycles. The van der Waals surface area contributed by atoms with Gasteiger partial charge in [0.15, 0.2) is 0 Å². The Labute approximate surface area is 327 Å². The van der Waals surface area contributed by atoms with Gasteiger partial charge in [0.2, 0.25) is 5.91 Å². The highest BCUT2D eigenvalue weighted by Crippen LogP contribution is 2.39. The molecule has 3 aromatic heterocycles. The van der Waals surface area contributed by atoms with Gasteiger partial charge >= 0.3 is 0 Å². The van der Waals surface area contributed by atoms with Crippen molar-refractivity contribution in [3.63, 3.8) is 0 Å². The zero-order valence-corrected chi connectivity index (χ0v) is 31.2. The van der Waals surface area contributed by atoms with Gasteiger partial charge in [-0.1, -0.05) is 55.6 Å². The molecule has 5 heterocycles. The maximum absolute atomic E-state index is 13.9. The first-order chi connectivity index (χ1) is 27.7. The van der Waals surface area contributed by atoms with Crippen LogP contribution in [-0.2, 0) is 9.59 Å². The molecule has 2 aliphatic rings.